The molecule has 2 heterocycles. The van der Waals surface area contributed by atoms with Crippen molar-refractivity contribution in [3.8, 4) is 23.5 Å². The minimum atomic E-state index is -0.481. The van der Waals surface area contributed by atoms with Crippen LogP contribution in [-0.4, -0.2) is 33.9 Å². The molecule has 1 aromatic carbocycles. The molecule has 7 heteroatoms. The zero-order valence-electron chi connectivity index (χ0n) is 18.3. The lowest BCUT2D eigenvalue weighted by Gasteiger charge is -2.34. The Morgan fingerprint density at radius 1 is 1.31 bits per heavy atom. The van der Waals surface area contributed by atoms with Crippen molar-refractivity contribution in [2.75, 3.05) is 0 Å². The van der Waals surface area contributed by atoms with Crippen molar-refractivity contribution in [3.05, 3.63) is 52.7 Å². The van der Waals surface area contributed by atoms with Crippen LogP contribution < -0.4 is 5.32 Å². The number of nitriles is 2. The second kappa shape index (κ2) is 8.81. The monoisotopic (exact) mass is 447 g/mol. The highest BCUT2D eigenvalue weighted by atomic mass is 35.5. The standard InChI is InChI=1S/C25H26ClN5O/c1-3-18-13-22(16(2)31(18)15-28)30-24(32)19-9-8-17(12-20(19)26)21-6-4-7-23(29-21)25(14-27)10-5-11-25/h4,6-9,12,16,18,22H,3,5,10-11,13H2,1-2H3,(H,30,32)/t16-,18+,22-/m1/s1. The summed E-state index contributed by atoms with van der Waals surface area (Å²) in [7, 11) is 0. The molecule has 6 nitrogen and oxygen atoms in total. The maximum atomic E-state index is 12.9. The number of hydrogen-bond acceptors (Lipinski definition) is 5. The fraction of sp³-hybridized carbons (Fsp3) is 0.440. The van der Waals surface area contributed by atoms with E-state index in [1.165, 1.54) is 0 Å². The van der Waals surface area contributed by atoms with E-state index < -0.39 is 5.41 Å². The summed E-state index contributed by atoms with van der Waals surface area (Å²) in [6, 6.07) is 13.4. The number of carbonyl (C=O) groups is 1. The highest BCUT2D eigenvalue weighted by molar-refractivity contribution is 6.34. The molecule has 2 aliphatic rings. The summed E-state index contributed by atoms with van der Waals surface area (Å²) in [5.74, 6) is -0.243. The number of benzene rings is 1. The SMILES string of the molecule is CC[C@H]1C[C@@H](NC(=O)c2ccc(-c3cccc(C4(C#N)CCC4)n3)cc2Cl)[C@@H](C)N1C#N. The molecule has 1 saturated carbocycles. The fourth-order valence-corrected chi connectivity index (χ4v) is 5.03. The number of hydrogen-bond donors (Lipinski definition) is 1. The first-order chi connectivity index (χ1) is 15.4. The number of nitrogens with one attached hydrogen (secondary N) is 1. The molecule has 0 radical (unpaired) electrons. The smallest absolute Gasteiger partial charge is 0.253 e. The van der Waals surface area contributed by atoms with E-state index in [0.29, 0.717) is 10.6 Å². The summed E-state index contributed by atoms with van der Waals surface area (Å²) >= 11 is 6.50. The van der Waals surface area contributed by atoms with Crippen molar-refractivity contribution < 1.29 is 4.79 Å². The Morgan fingerprint density at radius 3 is 2.66 bits per heavy atom. The first-order valence-corrected chi connectivity index (χ1v) is 11.5. The van der Waals surface area contributed by atoms with Gasteiger partial charge in [0.15, 0.2) is 6.19 Å². The van der Waals surface area contributed by atoms with Crippen LogP contribution in [-0.2, 0) is 5.41 Å². The third-order valence-corrected chi connectivity index (χ3v) is 7.33. The lowest BCUT2D eigenvalue weighted by atomic mass is 9.67. The van der Waals surface area contributed by atoms with E-state index in [0.717, 1.165) is 49.1 Å². The molecule has 4 rings (SSSR count). The lowest BCUT2D eigenvalue weighted by molar-refractivity contribution is 0.0931. The Balaban J connectivity index is 1.53. The van der Waals surface area contributed by atoms with E-state index in [4.69, 9.17) is 16.6 Å². The number of halogens is 1. The Labute approximate surface area is 193 Å². The van der Waals surface area contributed by atoms with Gasteiger partial charge < -0.3 is 10.2 Å². The molecule has 0 spiro atoms. The van der Waals surface area contributed by atoms with Crippen LogP contribution in [0.3, 0.4) is 0 Å². The molecule has 1 saturated heterocycles. The molecule has 164 valence electrons. The number of pyridine rings is 1. The third-order valence-electron chi connectivity index (χ3n) is 7.01. The highest BCUT2D eigenvalue weighted by Gasteiger charge is 2.40. The van der Waals surface area contributed by atoms with Gasteiger partial charge in [0.25, 0.3) is 5.91 Å². The zero-order valence-corrected chi connectivity index (χ0v) is 19.1. The molecule has 0 unspecified atom stereocenters. The van der Waals surface area contributed by atoms with E-state index in [-0.39, 0.29) is 24.0 Å². The second-order valence-corrected chi connectivity index (χ2v) is 9.18. The molecule has 1 aliphatic carbocycles. The lowest BCUT2D eigenvalue weighted by Crippen LogP contribution is -2.42. The molecule has 2 aromatic rings. The van der Waals surface area contributed by atoms with Gasteiger partial charge in [0.2, 0.25) is 0 Å². The number of aromatic nitrogens is 1. The maximum absolute atomic E-state index is 12.9. The van der Waals surface area contributed by atoms with Gasteiger partial charge in [-0.2, -0.15) is 10.5 Å². The molecule has 1 N–H and O–H groups in total. The average molecular weight is 448 g/mol. The van der Waals surface area contributed by atoms with Gasteiger partial charge in [-0.1, -0.05) is 30.7 Å². The summed E-state index contributed by atoms with van der Waals surface area (Å²) in [6.07, 6.45) is 6.56. The van der Waals surface area contributed by atoms with Crippen LogP contribution in [0, 0.1) is 22.8 Å². The number of carbonyl (C=O) groups excluding carboxylic acids is 1. The average Bonchev–Trinajstić information content (AvgIpc) is 3.07. The summed E-state index contributed by atoms with van der Waals surface area (Å²) in [5.41, 5.74) is 2.25. The Kier molecular flexibility index (Phi) is 6.09. The van der Waals surface area contributed by atoms with Gasteiger partial charge in [-0.05, 0) is 63.3 Å². The van der Waals surface area contributed by atoms with E-state index in [1.807, 2.05) is 38.1 Å². The third kappa shape index (κ3) is 3.80. The summed E-state index contributed by atoms with van der Waals surface area (Å²) < 4.78 is 0. The predicted octanol–water partition coefficient (Wildman–Crippen LogP) is 4.80. The predicted molar refractivity (Wildman–Crippen MR) is 123 cm³/mol. The first kappa shape index (κ1) is 22.1. The van der Waals surface area contributed by atoms with Crippen LogP contribution in [0.15, 0.2) is 36.4 Å². The van der Waals surface area contributed by atoms with Crippen molar-refractivity contribution >= 4 is 17.5 Å². The summed E-state index contributed by atoms with van der Waals surface area (Å²) in [5, 5.41) is 22.4. The normalized spacial score (nSPS) is 23.7. The summed E-state index contributed by atoms with van der Waals surface area (Å²) in [4.78, 5) is 19.4. The van der Waals surface area contributed by atoms with Crippen LogP contribution in [0.4, 0.5) is 0 Å². The quantitative estimate of drug-likeness (QED) is 0.664. The van der Waals surface area contributed by atoms with Crippen LogP contribution in [0.1, 0.15) is 62.0 Å². The highest BCUT2D eigenvalue weighted by Crippen LogP contribution is 2.42. The zero-order chi connectivity index (χ0) is 22.9. The molecular weight excluding hydrogens is 422 g/mol. The summed E-state index contributed by atoms with van der Waals surface area (Å²) in [6.45, 7) is 4.01. The van der Waals surface area contributed by atoms with Gasteiger partial charge >= 0.3 is 0 Å². The molecule has 1 aliphatic heterocycles. The number of likely N-dealkylation sites (tertiary alicyclic amines) is 1. The fourth-order valence-electron chi connectivity index (χ4n) is 4.77. The number of rotatable bonds is 5. The minimum absolute atomic E-state index is 0.0575. The second-order valence-electron chi connectivity index (χ2n) is 8.78. The minimum Gasteiger partial charge on any atom is -0.347 e. The van der Waals surface area contributed by atoms with Crippen LogP contribution in [0.5, 0.6) is 0 Å². The van der Waals surface area contributed by atoms with E-state index in [1.54, 1.807) is 17.0 Å². The molecule has 32 heavy (non-hydrogen) atoms. The Bertz CT molecular complexity index is 1110. The van der Waals surface area contributed by atoms with Gasteiger partial charge in [0.1, 0.15) is 0 Å². The van der Waals surface area contributed by atoms with Crippen molar-refractivity contribution in [1.29, 1.82) is 10.5 Å². The maximum Gasteiger partial charge on any atom is 0.253 e. The van der Waals surface area contributed by atoms with Gasteiger partial charge in [-0.25, -0.2) is 0 Å². The van der Waals surface area contributed by atoms with E-state index >= 15 is 0 Å². The van der Waals surface area contributed by atoms with Crippen molar-refractivity contribution in [2.24, 2.45) is 0 Å². The Morgan fingerprint density at radius 2 is 2.09 bits per heavy atom. The topological polar surface area (TPSA) is 92.8 Å². The van der Waals surface area contributed by atoms with Crippen LogP contribution >= 0.6 is 11.6 Å². The van der Waals surface area contributed by atoms with E-state index in [9.17, 15) is 15.3 Å². The molecule has 1 aromatic heterocycles. The van der Waals surface area contributed by atoms with Crippen LogP contribution in [0.25, 0.3) is 11.3 Å². The van der Waals surface area contributed by atoms with Crippen molar-refractivity contribution in [3.63, 3.8) is 0 Å². The van der Waals surface area contributed by atoms with Crippen LogP contribution in [0.2, 0.25) is 5.02 Å². The number of amides is 1. The van der Waals surface area contributed by atoms with Crippen molar-refractivity contribution in [1.82, 2.24) is 15.2 Å². The number of nitrogens with zero attached hydrogens (tertiary/aromatic N) is 4. The largest absolute Gasteiger partial charge is 0.347 e. The molecule has 3 atom stereocenters. The molecular formula is C25H26ClN5O. The van der Waals surface area contributed by atoms with E-state index in [2.05, 4.69) is 17.6 Å². The van der Waals surface area contributed by atoms with Gasteiger partial charge in [0, 0.05) is 11.6 Å². The van der Waals surface area contributed by atoms with Gasteiger partial charge in [0.05, 0.1) is 45.5 Å². The Hall–Kier alpha value is -3.09. The molecule has 1 amide bonds. The van der Waals surface area contributed by atoms with Gasteiger partial charge in [-0.3, -0.25) is 9.78 Å². The van der Waals surface area contributed by atoms with Crippen molar-refractivity contribution in [2.45, 2.75) is 69.5 Å². The molecule has 0 bridgehead atoms. The molecule has 2 fully saturated rings. The first-order valence-electron chi connectivity index (χ1n) is 11.1. The van der Waals surface area contributed by atoms with Gasteiger partial charge in [-0.15, -0.1) is 0 Å².